The molecule has 1 fully saturated rings. The van der Waals surface area contributed by atoms with E-state index in [0.717, 1.165) is 12.5 Å². The van der Waals surface area contributed by atoms with Gasteiger partial charge in [-0.1, -0.05) is 30.3 Å². The van der Waals surface area contributed by atoms with E-state index in [2.05, 4.69) is 45.6 Å². The second-order valence-corrected chi connectivity index (χ2v) is 5.69. The Morgan fingerprint density at radius 3 is 2.60 bits per heavy atom. The third-order valence-corrected chi connectivity index (χ3v) is 4.12. The van der Waals surface area contributed by atoms with Gasteiger partial charge in [-0.15, -0.1) is 0 Å². The zero-order valence-corrected chi connectivity index (χ0v) is 11.7. The summed E-state index contributed by atoms with van der Waals surface area (Å²) in [6.45, 7) is 0.879. The monoisotopic (exact) mass is 267 g/mol. The average molecular weight is 267 g/mol. The molecule has 3 nitrogen and oxygen atoms in total. The average Bonchev–Trinajstić information content (AvgIpc) is 2.95. The molecular weight excluding hydrogens is 246 g/mol. The first-order chi connectivity index (χ1) is 9.90. The number of hydrogen-bond donors (Lipinski definition) is 1. The SMILES string of the molecule is c1ccc(C[C@H]2CC[C@H](NCc3cncnc3)C2)cc1. The lowest BCUT2D eigenvalue weighted by Gasteiger charge is -2.13. The van der Waals surface area contributed by atoms with Gasteiger partial charge in [0.05, 0.1) is 0 Å². The Balaban J connectivity index is 1.45. The molecular formula is C17H21N3. The lowest BCUT2D eigenvalue weighted by atomic mass is 9.98. The van der Waals surface area contributed by atoms with Crippen LogP contribution in [0.25, 0.3) is 0 Å². The van der Waals surface area contributed by atoms with Crippen LogP contribution in [-0.2, 0) is 13.0 Å². The molecule has 0 saturated heterocycles. The van der Waals surface area contributed by atoms with Crippen molar-refractivity contribution in [2.24, 2.45) is 5.92 Å². The van der Waals surface area contributed by atoms with Gasteiger partial charge in [-0.25, -0.2) is 9.97 Å². The topological polar surface area (TPSA) is 37.8 Å². The van der Waals surface area contributed by atoms with E-state index in [9.17, 15) is 0 Å². The summed E-state index contributed by atoms with van der Waals surface area (Å²) in [6, 6.07) is 11.5. The summed E-state index contributed by atoms with van der Waals surface area (Å²) in [5.41, 5.74) is 2.63. The lowest BCUT2D eigenvalue weighted by molar-refractivity contribution is 0.483. The first-order valence-corrected chi connectivity index (χ1v) is 7.41. The van der Waals surface area contributed by atoms with Gasteiger partial charge in [0.2, 0.25) is 0 Å². The summed E-state index contributed by atoms with van der Waals surface area (Å²) < 4.78 is 0. The molecule has 1 aromatic carbocycles. The maximum absolute atomic E-state index is 4.05. The predicted molar refractivity (Wildman–Crippen MR) is 80.1 cm³/mol. The van der Waals surface area contributed by atoms with Gasteiger partial charge in [0.15, 0.2) is 0 Å². The molecule has 0 spiro atoms. The molecule has 0 aliphatic heterocycles. The van der Waals surface area contributed by atoms with Crippen molar-refractivity contribution in [3.05, 3.63) is 60.2 Å². The van der Waals surface area contributed by atoms with Crippen LogP contribution in [0, 0.1) is 5.92 Å². The second-order valence-electron chi connectivity index (χ2n) is 5.69. The molecule has 1 saturated carbocycles. The maximum atomic E-state index is 4.05. The minimum atomic E-state index is 0.643. The number of nitrogens with zero attached hydrogens (tertiary/aromatic N) is 2. The van der Waals surface area contributed by atoms with Crippen molar-refractivity contribution in [2.45, 2.75) is 38.3 Å². The van der Waals surface area contributed by atoms with E-state index < -0.39 is 0 Å². The number of hydrogen-bond acceptors (Lipinski definition) is 3. The molecule has 1 aliphatic carbocycles. The van der Waals surface area contributed by atoms with E-state index in [4.69, 9.17) is 0 Å². The quantitative estimate of drug-likeness (QED) is 0.905. The summed E-state index contributed by atoms with van der Waals surface area (Å²) in [5.74, 6) is 0.821. The van der Waals surface area contributed by atoms with Crippen molar-refractivity contribution in [2.75, 3.05) is 0 Å². The van der Waals surface area contributed by atoms with E-state index in [1.54, 1.807) is 6.33 Å². The summed E-state index contributed by atoms with van der Waals surface area (Å²) in [6.07, 6.45) is 10.5. The largest absolute Gasteiger partial charge is 0.310 e. The second kappa shape index (κ2) is 6.62. The fourth-order valence-corrected chi connectivity index (χ4v) is 3.08. The molecule has 0 bridgehead atoms. The molecule has 104 valence electrons. The Bertz CT molecular complexity index is 512. The molecule has 0 amide bonds. The third-order valence-electron chi connectivity index (χ3n) is 4.12. The van der Waals surface area contributed by atoms with Crippen LogP contribution in [0.15, 0.2) is 49.1 Å². The number of rotatable bonds is 5. The third kappa shape index (κ3) is 3.64. The van der Waals surface area contributed by atoms with Crippen LogP contribution in [0.4, 0.5) is 0 Å². The van der Waals surface area contributed by atoms with Crippen LogP contribution in [0.2, 0.25) is 0 Å². The molecule has 2 atom stereocenters. The Morgan fingerprint density at radius 2 is 1.80 bits per heavy atom. The molecule has 1 aliphatic rings. The summed E-state index contributed by atoms with van der Waals surface area (Å²) in [5, 5.41) is 3.63. The molecule has 20 heavy (non-hydrogen) atoms. The van der Waals surface area contributed by atoms with E-state index in [1.165, 1.54) is 36.8 Å². The summed E-state index contributed by atoms with van der Waals surface area (Å²) >= 11 is 0. The highest BCUT2D eigenvalue weighted by Crippen LogP contribution is 2.28. The van der Waals surface area contributed by atoms with Crippen molar-refractivity contribution in [1.82, 2.24) is 15.3 Å². The van der Waals surface area contributed by atoms with Crippen molar-refractivity contribution in [3.8, 4) is 0 Å². The van der Waals surface area contributed by atoms with E-state index in [0.29, 0.717) is 6.04 Å². The van der Waals surface area contributed by atoms with Gasteiger partial charge < -0.3 is 5.32 Å². The minimum absolute atomic E-state index is 0.643. The van der Waals surface area contributed by atoms with E-state index in [-0.39, 0.29) is 0 Å². The van der Waals surface area contributed by atoms with E-state index >= 15 is 0 Å². The van der Waals surface area contributed by atoms with Crippen LogP contribution < -0.4 is 5.32 Å². The minimum Gasteiger partial charge on any atom is -0.310 e. The molecule has 1 heterocycles. The highest BCUT2D eigenvalue weighted by Gasteiger charge is 2.24. The van der Waals surface area contributed by atoms with Crippen molar-refractivity contribution in [3.63, 3.8) is 0 Å². The van der Waals surface area contributed by atoms with Gasteiger partial charge in [0, 0.05) is 30.5 Å². The maximum Gasteiger partial charge on any atom is 0.115 e. The van der Waals surface area contributed by atoms with Gasteiger partial charge in [0.25, 0.3) is 0 Å². The molecule has 3 heteroatoms. The van der Waals surface area contributed by atoms with Gasteiger partial charge in [-0.05, 0) is 37.2 Å². The fourth-order valence-electron chi connectivity index (χ4n) is 3.08. The Hall–Kier alpha value is -1.74. The summed E-state index contributed by atoms with van der Waals surface area (Å²) in [7, 11) is 0. The number of aromatic nitrogens is 2. The van der Waals surface area contributed by atoms with Crippen LogP contribution in [0.3, 0.4) is 0 Å². The Kier molecular flexibility index (Phi) is 4.38. The molecule has 0 unspecified atom stereocenters. The predicted octanol–water partition coefficient (Wildman–Crippen LogP) is 2.98. The summed E-state index contributed by atoms with van der Waals surface area (Å²) in [4.78, 5) is 8.10. The van der Waals surface area contributed by atoms with Crippen molar-refractivity contribution >= 4 is 0 Å². The van der Waals surface area contributed by atoms with Gasteiger partial charge in [-0.3, -0.25) is 0 Å². The van der Waals surface area contributed by atoms with Crippen LogP contribution in [0.5, 0.6) is 0 Å². The van der Waals surface area contributed by atoms with E-state index in [1.807, 2.05) is 12.4 Å². The standard InChI is InChI=1S/C17H21N3/c1-2-4-14(5-3-1)8-15-6-7-17(9-15)20-12-16-10-18-13-19-11-16/h1-5,10-11,13,15,17,20H,6-9,12H2/t15-,17+/m1/s1. The highest BCUT2D eigenvalue weighted by atomic mass is 14.9. The van der Waals surface area contributed by atoms with Crippen LogP contribution in [0.1, 0.15) is 30.4 Å². The Morgan fingerprint density at radius 1 is 1.00 bits per heavy atom. The van der Waals surface area contributed by atoms with Crippen molar-refractivity contribution < 1.29 is 0 Å². The normalized spacial score (nSPS) is 22.0. The zero-order valence-electron chi connectivity index (χ0n) is 11.7. The van der Waals surface area contributed by atoms with Gasteiger partial charge in [-0.2, -0.15) is 0 Å². The van der Waals surface area contributed by atoms with Gasteiger partial charge >= 0.3 is 0 Å². The van der Waals surface area contributed by atoms with Crippen LogP contribution in [-0.4, -0.2) is 16.0 Å². The molecule has 3 rings (SSSR count). The molecule has 0 radical (unpaired) electrons. The fraction of sp³-hybridized carbons (Fsp3) is 0.412. The molecule has 2 aromatic rings. The highest BCUT2D eigenvalue weighted by molar-refractivity contribution is 5.15. The molecule has 1 N–H and O–H groups in total. The van der Waals surface area contributed by atoms with Crippen LogP contribution >= 0.6 is 0 Å². The molecule has 1 aromatic heterocycles. The Labute approximate surface area is 120 Å². The lowest BCUT2D eigenvalue weighted by Crippen LogP contribution is -2.26. The number of nitrogens with one attached hydrogen (secondary N) is 1. The first-order valence-electron chi connectivity index (χ1n) is 7.41. The number of benzene rings is 1. The van der Waals surface area contributed by atoms with Gasteiger partial charge in [0.1, 0.15) is 6.33 Å². The van der Waals surface area contributed by atoms with Crippen molar-refractivity contribution in [1.29, 1.82) is 0 Å². The first kappa shape index (κ1) is 13.3. The smallest absolute Gasteiger partial charge is 0.115 e. The zero-order chi connectivity index (χ0) is 13.6.